The van der Waals surface area contributed by atoms with Crippen molar-refractivity contribution >= 4 is 11.3 Å². The van der Waals surface area contributed by atoms with Crippen LogP contribution in [0.4, 0.5) is 0 Å². The van der Waals surface area contributed by atoms with Crippen LogP contribution in [0.25, 0.3) is 0 Å². The minimum atomic E-state index is 0.755. The third-order valence-electron chi connectivity index (χ3n) is 2.84. The molecule has 16 heavy (non-hydrogen) atoms. The Labute approximate surface area is 99.1 Å². The molecule has 1 fully saturated rings. The average Bonchev–Trinajstić information content (AvgIpc) is 2.79. The van der Waals surface area contributed by atoms with E-state index in [9.17, 15) is 0 Å². The van der Waals surface area contributed by atoms with Gasteiger partial charge >= 0.3 is 0 Å². The molecule has 1 aliphatic carbocycles. The Hall–Kier alpha value is -1.13. The van der Waals surface area contributed by atoms with Crippen LogP contribution >= 0.6 is 11.3 Å². The molecule has 1 saturated carbocycles. The van der Waals surface area contributed by atoms with E-state index < -0.39 is 0 Å². The van der Waals surface area contributed by atoms with E-state index in [4.69, 9.17) is 0 Å². The third kappa shape index (κ3) is 2.33. The lowest BCUT2D eigenvalue weighted by molar-refractivity contribution is 0.596. The molecule has 84 valence electrons. The topological polar surface area (TPSA) is 29.9 Å². The summed E-state index contributed by atoms with van der Waals surface area (Å²) in [6.07, 6.45) is 4.55. The van der Waals surface area contributed by atoms with Gasteiger partial charge in [0.05, 0.1) is 12.2 Å². The summed E-state index contributed by atoms with van der Waals surface area (Å²) < 4.78 is 2.08. The highest BCUT2D eigenvalue weighted by Crippen LogP contribution is 2.19. The molecule has 0 amide bonds. The van der Waals surface area contributed by atoms with Crippen molar-refractivity contribution in [3.05, 3.63) is 40.3 Å². The predicted octanol–water partition coefficient (Wildman–Crippen LogP) is 2.24. The maximum absolute atomic E-state index is 4.37. The highest BCUT2D eigenvalue weighted by atomic mass is 32.1. The lowest BCUT2D eigenvalue weighted by Crippen LogP contribution is -2.18. The van der Waals surface area contributed by atoms with Crippen LogP contribution in [0.2, 0.25) is 0 Å². The fourth-order valence-electron chi connectivity index (χ4n) is 1.74. The van der Waals surface area contributed by atoms with Crippen molar-refractivity contribution in [2.75, 3.05) is 0 Å². The summed E-state index contributed by atoms with van der Waals surface area (Å²) in [6.45, 7) is 1.84. The quantitative estimate of drug-likeness (QED) is 0.858. The van der Waals surface area contributed by atoms with Crippen LogP contribution in [0.5, 0.6) is 0 Å². The second-order valence-electron chi connectivity index (χ2n) is 4.21. The summed E-state index contributed by atoms with van der Waals surface area (Å²) in [6, 6.07) is 7.10. The van der Waals surface area contributed by atoms with E-state index in [1.54, 1.807) is 11.3 Å². The Bertz CT molecular complexity index is 443. The fourth-order valence-corrected chi connectivity index (χ4v) is 2.42. The Kier molecular flexibility index (Phi) is 2.76. The monoisotopic (exact) mass is 233 g/mol. The molecule has 0 unspecified atom stereocenters. The van der Waals surface area contributed by atoms with Crippen LogP contribution in [-0.2, 0) is 13.1 Å². The molecule has 1 aliphatic rings. The fraction of sp³-hybridized carbons (Fsp3) is 0.417. The van der Waals surface area contributed by atoms with Gasteiger partial charge in [-0.25, -0.2) is 0 Å². The molecular weight excluding hydrogens is 218 g/mol. The van der Waals surface area contributed by atoms with E-state index in [0.29, 0.717) is 0 Å². The van der Waals surface area contributed by atoms with Crippen molar-refractivity contribution in [2.45, 2.75) is 32.0 Å². The largest absolute Gasteiger partial charge is 0.308 e. The Balaban J connectivity index is 1.66. The molecule has 0 aromatic carbocycles. The van der Waals surface area contributed by atoms with Crippen molar-refractivity contribution in [1.82, 2.24) is 15.1 Å². The predicted molar refractivity (Wildman–Crippen MR) is 65.5 cm³/mol. The van der Waals surface area contributed by atoms with E-state index in [1.807, 2.05) is 6.20 Å². The number of nitrogens with one attached hydrogen (secondary N) is 1. The van der Waals surface area contributed by atoms with E-state index in [1.165, 1.54) is 23.4 Å². The van der Waals surface area contributed by atoms with Gasteiger partial charge in [0.1, 0.15) is 0 Å². The second-order valence-corrected chi connectivity index (χ2v) is 5.25. The average molecular weight is 233 g/mol. The summed E-state index contributed by atoms with van der Waals surface area (Å²) in [5.74, 6) is 0. The second kappa shape index (κ2) is 4.39. The molecule has 0 bridgehead atoms. The maximum Gasteiger partial charge on any atom is 0.0755 e. The summed E-state index contributed by atoms with van der Waals surface area (Å²) in [7, 11) is 0. The number of thiophene rings is 1. The van der Waals surface area contributed by atoms with Crippen molar-refractivity contribution in [3.8, 4) is 0 Å². The van der Waals surface area contributed by atoms with Gasteiger partial charge in [-0.3, -0.25) is 4.68 Å². The van der Waals surface area contributed by atoms with E-state index >= 15 is 0 Å². The zero-order chi connectivity index (χ0) is 10.8. The molecule has 2 aromatic rings. The Morgan fingerprint density at radius 3 is 3.12 bits per heavy atom. The van der Waals surface area contributed by atoms with Gasteiger partial charge < -0.3 is 5.32 Å². The van der Waals surface area contributed by atoms with Crippen molar-refractivity contribution < 1.29 is 0 Å². The van der Waals surface area contributed by atoms with Crippen LogP contribution < -0.4 is 5.32 Å². The lowest BCUT2D eigenvalue weighted by Gasteiger charge is -2.06. The summed E-state index contributed by atoms with van der Waals surface area (Å²) in [4.78, 5) is 1.36. The van der Waals surface area contributed by atoms with Gasteiger partial charge in [-0.15, -0.1) is 11.3 Å². The first-order valence-corrected chi connectivity index (χ1v) is 6.56. The zero-order valence-corrected chi connectivity index (χ0v) is 9.91. The Morgan fingerprint density at radius 1 is 1.44 bits per heavy atom. The normalized spacial score (nSPS) is 15.5. The van der Waals surface area contributed by atoms with E-state index in [2.05, 4.69) is 38.7 Å². The van der Waals surface area contributed by atoms with Crippen LogP contribution in [0.1, 0.15) is 23.4 Å². The molecule has 0 spiro atoms. The molecule has 0 saturated heterocycles. The van der Waals surface area contributed by atoms with Gasteiger partial charge in [0.15, 0.2) is 0 Å². The third-order valence-corrected chi connectivity index (χ3v) is 3.70. The van der Waals surface area contributed by atoms with Gasteiger partial charge in [-0.05, 0) is 30.4 Å². The first-order valence-electron chi connectivity index (χ1n) is 5.68. The molecule has 1 N–H and O–H groups in total. The van der Waals surface area contributed by atoms with Crippen LogP contribution in [-0.4, -0.2) is 15.8 Å². The van der Waals surface area contributed by atoms with E-state index in [-0.39, 0.29) is 0 Å². The van der Waals surface area contributed by atoms with Gasteiger partial charge in [-0.2, -0.15) is 5.10 Å². The number of aromatic nitrogens is 2. The standard InChI is InChI=1S/C12H15N3S/c1-2-12(16-7-1)9-15-11(5-6-14-15)8-13-10-3-4-10/h1-2,5-7,10,13H,3-4,8-9H2. The van der Waals surface area contributed by atoms with Crippen molar-refractivity contribution in [2.24, 2.45) is 0 Å². The molecule has 0 radical (unpaired) electrons. The van der Waals surface area contributed by atoms with Crippen molar-refractivity contribution in [1.29, 1.82) is 0 Å². The molecule has 3 rings (SSSR count). The van der Waals surface area contributed by atoms with Crippen LogP contribution in [0.15, 0.2) is 29.8 Å². The van der Waals surface area contributed by atoms with Crippen LogP contribution in [0, 0.1) is 0 Å². The first kappa shape index (κ1) is 10.1. The molecular formula is C12H15N3S. The molecule has 4 heteroatoms. The molecule has 2 aromatic heterocycles. The first-order chi connectivity index (χ1) is 7.92. The lowest BCUT2D eigenvalue weighted by atomic mass is 10.4. The number of hydrogen-bond donors (Lipinski definition) is 1. The zero-order valence-electron chi connectivity index (χ0n) is 9.10. The Morgan fingerprint density at radius 2 is 2.38 bits per heavy atom. The van der Waals surface area contributed by atoms with Crippen molar-refractivity contribution in [3.63, 3.8) is 0 Å². The maximum atomic E-state index is 4.37. The number of hydrogen-bond acceptors (Lipinski definition) is 3. The molecule has 0 aliphatic heterocycles. The minimum absolute atomic E-state index is 0.755. The molecule has 2 heterocycles. The van der Waals surface area contributed by atoms with Gasteiger partial charge in [0, 0.05) is 23.7 Å². The minimum Gasteiger partial charge on any atom is -0.308 e. The summed E-state index contributed by atoms with van der Waals surface area (Å²) >= 11 is 1.79. The number of nitrogens with zero attached hydrogens (tertiary/aromatic N) is 2. The SMILES string of the molecule is c1csc(Cn2nccc2CNC2CC2)c1. The van der Waals surface area contributed by atoms with Gasteiger partial charge in [0.2, 0.25) is 0 Å². The smallest absolute Gasteiger partial charge is 0.0755 e. The molecule has 3 nitrogen and oxygen atoms in total. The number of rotatable bonds is 5. The highest BCUT2D eigenvalue weighted by Gasteiger charge is 2.20. The highest BCUT2D eigenvalue weighted by molar-refractivity contribution is 7.09. The van der Waals surface area contributed by atoms with Gasteiger partial charge in [-0.1, -0.05) is 6.07 Å². The summed E-state index contributed by atoms with van der Waals surface area (Å²) in [5.41, 5.74) is 1.28. The van der Waals surface area contributed by atoms with E-state index in [0.717, 1.165) is 19.1 Å². The summed E-state index contributed by atoms with van der Waals surface area (Å²) in [5, 5.41) is 10.0. The molecule has 0 atom stereocenters. The van der Waals surface area contributed by atoms with Crippen LogP contribution in [0.3, 0.4) is 0 Å². The van der Waals surface area contributed by atoms with Gasteiger partial charge in [0.25, 0.3) is 0 Å².